The first kappa shape index (κ1) is 15.8. The van der Waals surface area contributed by atoms with Gasteiger partial charge in [0, 0.05) is 28.7 Å². The minimum absolute atomic E-state index is 0.724. The molecule has 0 aliphatic carbocycles. The van der Waals surface area contributed by atoms with Crippen LogP contribution < -0.4 is 4.74 Å². The molecule has 5 heteroatoms. The van der Waals surface area contributed by atoms with Gasteiger partial charge < -0.3 is 9.72 Å². The van der Waals surface area contributed by atoms with E-state index in [1.54, 1.807) is 12.4 Å². The number of imidazole rings is 1. The van der Waals surface area contributed by atoms with E-state index in [-0.39, 0.29) is 0 Å². The molecule has 5 rings (SSSR count). The summed E-state index contributed by atoms with van der Waals surface area (Å²) in [6.07, 6.45) is 4.59. The number of nitrogens with zero attached hydrogens (tertiary/aromatic N) is 3. The highest BCUT2D eigenvalue weighted by atomic mass is 16.5. The van der Waals surface area contributed by atoms with Crippen LogP contribution in [-0.2, 0) is 0 Å². The monoisotopic (exact) mass is 354 g/mol. The van der Waals surface area contributed by atoms with Crippen molar-refractivity contribution in [3.05, 3.63) is 60.9 Å². The molecule has 0 saturated carbocycles. The zero-order valence-electron chi connectivity index (χ0n) is 14.9. The molecule has 27 heavy (non-hydrogen) atoms. The van der Waals surface area contributed by atoms with E-state index in [0.717, 1.165) is 63.0 Å². The smallest absolute Gasteiger partial charge is 0.138 e. The molecule has 0 fully saturated rings. The lowest BCUT2D eigenvalue weighted by Gasteiger charge is -2.04. The minimum Gasteiger partial charge on any atom is -0.494 e. The molecule has 0 radical (unpaired) electrons. The van der Waals surface area contributed by atoms with Gasteiger partial charge in [0.25, 0.3) is 0 Å². The third-order valence-electron chi connectivity index (χ3n) is 4.67. The predicted octanol–water partition coefficient (Wildman–Crippen LogP) is 5.12. The number of hydrogen-bond donors (Lipinski definition) is 1. The van der Waals surface area contributed by atoms with Crippen molar-refractivity contribution in [1.29, 1.82) is 0 Å². The molecule has 3 aromatic heterocycles. The van der Waals surface area contributed by atoms with Gasteiger partial charge in [-0.2, -0.15) is 0 Å². The summed E-state index contributed by atoms with van der Waals surface area (Å²) in [6, 6.07) is 16.0. The number of fused-ring (bicyclic) bond motifs is 6. The molecule has 5 aromatic rings. The molecule has 5 nitrogen and oxygen atoms in total. The molecular weight excluding hydrogens is 336 g/mol. The van der Waals surface area contributed by atoms with E-state index in [1.165, 1.54) is 0 Å². The van der Waals surface area contributed by atoms with E-state index in [1.807, 2.05) is 42.5 Å². The van der Waals surface area contributed by atoms with E-state index in [9.17, 15) is 0 Å². The maximum absolute atomic E-state index is 5.67. The molecular formula is C22H18N4O. The van der Waals surface area contributed by atoms with E-state index < -0.39 is 0 Å². The highest BCUT2D eigenvalue weighted by molar-refractivity contribution is 6.20. The predicted molar refractivity (Wildman–Crippen MR) is 108 cm³/mol. The number of ether oxygens (including phenoxy) is 1. The Kier molecular flexibility index (Phi) is 3.71. The average Bonchev–Trinajstić information content (AvgIpc) is 3.19. The van der Waals surface area contributed by atoms with Gasteiger partial charge in [0.2, 0.25) is 0 Å². The number of hydrogen-bond acceptors (Lipinski definition) is 4. The van der Waals surface area contributed by atoms with Crippen molar-refractivity contribution in [1.82, 2.24) is 19.9 Å². The van der Waals surface area contributed by atoms with Crippen LogP contribution in [0.3, 0.4) is 0 Å². The molecule has 1 N–H and O–H groups in total. The summed E-state index contributed by atoms with van der Waals surface area (Å²) < 4.78 is 5.67. The van der Waals surface area contributed by atoms with Gasteiger partial charge in [-0.1, -0.05) is 6.92 Å². The van der Waals surface area contributed by atoms with Crippen molar-refractivity contribution in [2.45, 2.75) is 13.3 Å². The van der Waals surface area contributed by atoms with E-state index >= 15 is 0 Å². The quantitative estimate of drug-likeness (QED) is 0.455. The molecule has 0 atom stereocenters. The van der Waals surface area contributed by atoms with Crippen molar-refractivity contribution in [3.63, 3.8) is 0 Å². The van der Waals surface area contributed by atoms with Crippen LogP contribution in [-0.4, -0.2) is 26.5 Å². The maximum Gasteiger partial charge on any atom is 0.138 e. The Labute approximate surface area is 156 Å². The molecule has 0 saturated heterocycles. The van der Waals surface area contributed by atoms with E-state index in [4.69, 9.17) is 9.72 Å². The highest BCUT2D eigenvalue weighted by Gasteiger charge is 2.14. The SMILES string of the molecule is CCCOc1ccc(-c2nc3c4cccnc4c4ncccc4c3[nH]2)cc1. The second-order valence-electron chi connectivity index (χ2n) is 6.48. The highest BCUT2D eigenvalue weighted by Crippen LogP contribution is 2.33. The molecule has 132 valence electrons. The van der Waals surface area contributed by atoms with Gasteiger partial charge in [-0.05, 0) is 55.0 Å². The van der Waals surface area contributed by atoms with Crippen molar-refractivity contribution in [2.75, 3.05) is 6.61 Å². The van der Waals surface area contributed by atoms with Crippen molar-refractivity contribution in [3.8, 4) is 17.1 Å². The summed E-state index contributed by atoms with van der Waals surface area (Å²) in [7, 11) is 0. The van der Waals surface area contributed by atoms with E-state index in [0.29, 0.717) is 0 Å². The first-order valence-electron chi connectivity index (χ1n) is 9.09. The number of benzene rings is 2. The third kappa shape index (κ3) is 2.59. The standard InChI is InChI=1S/C22H18N4O/c1-2-13-27-15-9-7-14(8-10-15)22-25-20-16-5-3-11-23-18(16)19-17(21(20)26-22)6-4-12-24-19/h3-12H,2,13H2,1H3,(H,25,26). The molecule has 3 heterocycles. The Balaban J connectivity index is 1.71. The summed E-state index contributed by atoms with van der Waals surface area (Å²) in [5, 5.41) is 2.03. The number of aromatic nitrogens is 4. The van der Waals surface area contributed by atoms with E-state index in [2.05, 4.69) is 27.9 Å². The van der Waals surface area contributed by atoms with Gasteiger partial charge in [0.15, 0.2) is 0 Å². The Morgan fingerprint density at radius 1 is 0.852 bits per heavy atom. The van der Waals surface area contributed by atoms with Crippen LogP contribution in [0.4, 0.5) is 0 Å². The van der Waals surface area contributed by atoms with Gasteiger partial charge in [0.1, 0.15) is 11.6 Å². The van der Waals surface area contributed by atoms with Crippen molar-refractivity contribution in [2.24, 2.45) is 0 Å². The molecule has 0 amide bonds. The van der Waals surface area contributed by atoms with Crippen LogP contribution in [0.15, 0.2) is 60.9 Å². The van der Waals surface area contributed by atoms with Crippen LogP contribution in [0.5, 0.6) is 5.75 Å². The van der Waals surface area contributed by atoms with Gasteiger partial charge >= 0.3 is 0 Å². The zero-order valence-corrected chi connectivity index (χ0v) is 14.9. The molecule has 0 unspecified atom stereocenters. The number of pyridine rings is 2. The fourth-order valence-electron chi connectivity index (χ4n) is 3.41. The Bertz CT molecular complexity index is 1190. The molecule has 0 aliphatic heterocycles. The Morgan fingerprint density at radius 3 is 2.30 bits per heavy atom. The van der Waals surface area contributed by atoms with Crippen molar-refractivity contribution >= 4 is 32.8 Å². The Morgan fingerprint density at radius 2 is 1.56 bits per heavy atom. The molecule has 0 aliphatic rings. The van der Waals surface area contributed by atoms with Crippen LogP contribution in [0.2, 0.25) is 0 Å². The first-order chi connectivity index (χ1) is 13.3. The van der Waals surface area contributed by atoms with Gasteiger partial charge in [-0.15, -0.1) is 0 Å². The number of H-pyrrole nitrogens is 1. The first-order valence-corrected chi connectivity index (χ1v) is 9.09. The third-order valence-corrected chi connectivity index (χ3v) is 4.67. The summed E-state index contributed by atoms with van der Waals surface area (Å²) >= 11 is 0. The average molecular weight is 354 g/mol. The second-order valence-corrected chi connectivity index (χ2v) is 6.48. The second kappa shape index (κ2) is 6.36. The minimum atomic E-state index is 0.724. The summed E-state index contributed by atoms with van der Waals surface area (Å²) in [4.78, 5) is 17.5. The fourth-order valence-corrected chi connectivity index (χ4v) is 3.41. The maximum atomic E-state index is 5.67. The zero-order chi connectivity index (χ0) is 18.2. The lowest BCUT2D eigenvalue weighted by Crippen LogP contribution is -1.94. The topological polar surface area (TPSA) is 63.7 Å². The number of nitrogens with one attached hydrogen (secondary N) is 1. The summed E-state index contributed by atoms with van der Waals surface area (Å²) in [6.45, 7) is 2.82. The van der Waals surface area contributed by atoms with Gasteiger partial charge in [0.05, 0.1) is 28.7 Å². The fraction of sp³-hybridized carbons (Fsp3) is 0.136. The van der Waals surface area contributed by atoms with Crippen LogP contribution in [0.1, 0.15) is 13.3 Å². The van der Waals surface area contributed by atoms with Crippen LogP contribution in [0, 0.1) is 0 Å². The lowest BCUT2D eigenvalue weighted by atomic mass is 10.1. The molecule has 2 aromatic carbocycles. The molecule has 0 bridgehead atoms. The lowest BCUT2D eigenvalue weighted by molar-refractivity contribution is 0.317. The summed E-state index contributed by atoms with van der Waals surface area (Å²) in [5.41, 5.74) is 4.69. The number of aromatic amines is 1. The van der Waals surface area contributed by atoms with Crippen LogP contribution >= 0.6 is 0 Å². The summed E-state index contributed by atoms with van der Waals surface area (Å²) in [5.74, 6) is 1.70. The van der Waals surface area contributed by atoms with Gasteiger partial charge in [-0.3, -0.25) is 9.97 Å². The normalized spacial score (nSPS) is 11.4. The number of rotatable bonds is 4. The Hall–Kier alpha value is -3.47. The molecule has 0 spiro atoms. The van der Waals surface area contributed by atoms with Crippen LogP contribution in [0.25, 0.3) is 44.2 Å². The van der Waals surface area contributed by atoms with Gasteiger partial charge in [-0.25, -0.2) is 4.98 Å². The largest absolute Gasteiger partial charge is 0.494 e. The van der Waals surface area contributed by atoms with Crippen molar-refractivity contribution < 1.29 is 4.74 Å².